The first-order valence-electron chi connectivity index (χ1n) is 10.7. The van der Waals surface area contributed by atoms with Crippen LogP contribution < -0.4 is 9.80 Å². The standard InChI is InChI=1S/C23H24F6IN3O2/c1-21(2,13-7-14(22(24,25)26)9-15(8-13)23(27,28)29)20(35)32(3)18-11-31-19(10-17(18)30)33-6-4-5-16(33)12-34/h7-11,16,34H,4-6,12H2,1-3H3/t16-/m0/s1. The number of carbonyl (C=O) groups is 1. The lowest BCUT2D eigenvalue weighted by Crippen LogP contribution is -2.42. The summed E-state index contributed by atoms with van der Waals surface area (Å²) >= 11 is 1.99. The Labute approximate surface area is 212 Å². The minimum atomic E-state index is -5.02. The number of pyridine rings is 1. The highest BCUT2D eigenvalue weighted by Gasteiger charge is 2.41. The van der Waals surface area contributed by atoms with Crippen LogP contribution in [0, 0.1) is 3.57 Å². The van der Waals surface area contributed by atoms with Gasteiger partial charge < -0.3 is 14.9 Å². The van der Waals surface area contributed by atoms with Crippen molar-refractivity contribution in [2.24, 2.45) is 0 Å². The minimum absolute atomic E-state index is 0.0243. The molecular weight excluding hydrogens is 591 g/mol. The van der Waals surface area contributed by atoms with E-state index in [1.807, 2.05) is 27.5 Å². The normalized spacial score (nSPS) is 17.1. The molecule has 35 heavy (non-hydrogen) atoms. The van der Waals surface area contributed by atoms with Crippen LogP contribution in [0.5, 0.6) is 0 Å². The molecule has 1 saturated heterocycles. The summed E-state index contributed by atoms with van der Waals surface area (Å²) in [7, 11) is 1.40. The molecule has 0 unspecified atom stereocenters. The van der Waals surface area contributed by atoms with E-state index in [1.165, 1.54) is 32.0 Å². The van der Waals surface area contributed by atoms with Crippen LogP contribution in [0.4, 0.5) is 37.8 Å². The Balaban J connectivity index is 1.96. The van der Waals surface area contributed by atoms with Gasteiger partial charge in [0.1, 0.15) is 5.82 Å². The van der Waals surface area contributed by atoms with Crippen LogP contribution in [0.3, 0.4) is 0 Å². The first-order chi connectivity index (χ1) is 16.1. The van der Waals surface area contributed by atoms with Crippen LogP contribution in [0.2, 0.25) is 0 Å². The molecule has 1 amide bonds. The number of aromatic nitrogens is 1. The van der Waals surface area contributed by atoms with Gasteiger partial charge in [-0.2, -0.15) is 26.3 Å². The number of aliphatic hydroxyl groups excluding tert-OH is 1. The molecule has 2 aromatic rings. The van der Waals surface area contributed by atoms with Gasteiger partial charge in [0, 0.05) is 17.2 Å². The number of hydrogen-bond acceptors (Lipinski definition) is 4. The third-order valence-corrected chi connectivity index (χ3v) is 7.08. The molecule has 5 nitrogen and oxygen atoms in total. The van der Waals surface area contributed by atoms with Crippen LogP contribution in [-0.2, 0) is 22.6 Å². The van der Waals surface area contributed by atoms with Gasteiger partial charge >= 0.3 is 12.4 Å². The molecule has 1 aromatic carbocycles. The van der Waals surface area contributed by atoms with Gasteiger partial charge in [0.25, 0.3) is 0 Å². The predicted molar refractivity (Wildman–Crippen MR) is 127 cm³/mol. The highest BCUT2D eigenvalue weighted by Crippen LogP contribution is 2.40. The van der Waals surface area contributed by atoms with E-state index >= 15 is 0 Å². The molecule has 0 spiro atoms. The number of benzene rings is 1. The van der Waals surface area contributed by atoms with Crippen molar-refractivity contribution in [2.75, 3.05) is 30.0 Å². The van der Waals surface area contributed by atoms with Gasteiger partial charge in [-0.15, -0.1) is 0 Å². The molecule has 0 bridgehead atoms. The van der Waals surface area contributed by atoms with Gasteiger partial charge in [0.05, 0.1) is 41.1 Å². The fourth-order valence-corrected chi connectivity index (χ4v) is 4.89. The molecule has 1 aromatic heterocycles. The lowest BCUT2D eigenvalue weighted by Gasteiger charge is -2.32. The molecule has 2 heterocycles. The average Bonchev–Trinajstić information content (AvgIpc) is 3.25. The Morgan fingerprint density at radius 2 is 1.63 bits per heavy atom. The number of aliphatic hydroxyl groups is 1. The predicted octanol–water partition coefficient (Wildman–Crippen LogP) is 5.63. The van der Waals surface area contributed by atoms with Crippen LogP contribution in [-0.4, -0.2) is 42.2 Å². The molecule has 192 valence electrons. The maximum Gasteiger partial charge on any atom is 0.416 e. The van der Waals surface area contributed by atoms with Crippen molar-refractivity contribution in [2.45, 2.75) is 50.5 Å². The molecule has 3 rings (SSSR count). The van der Waals surface area contributed by atoms with Gasteiger partial charge in [-0.05, 0) is 79.1 Å². The Kier molecular flexibility index (Phi) is 7.66. The zero-order chi connectivity index (χ0) is 26.3. The highest BCUT2D eigenvalue weighted by atomic mass is 127. The van der Waals surface area contributed by atoms with Gasteiger partial charge in [-0.3, -0.25) is 4.79 Å². The molecule has 12 heteroatoms. The zero-order valence-electron chi connectivity index (χ0n) is 19.1. The molecule has 1 fully saturated rings. The summed E-state index contributed by atoms with van der Waals surface area (Å²) in [5.74, 6) is -0.0886. The van der Waals surface area contributed by atoms with E-state index in [-0.39, 0.29) is 18.7 Å². The lowest BCUT2D eigenvalue weighted by atomic mass is 9.81. The van der Waals surface area contributed by atoms with Crippen molar-refractivity contribution in [1.29, 1.82) is 0 Å². The number of anilines is 2. The van der Waals surface area contributed by atoms with Crippen molar-refractivity contribution in [3.8, 4) is 0 Å². The SMILES string of the molecule is CN(C(=O)C(C)(C)c1cc(C(F)(F)F)cc(C(F)(F)F)c1)c1cnc(N2CCC[C@H]2CO)cc1I. The monoisotopic (exact) mass is 615 g/mol. The molecule has 0 radical (unpaired) electrons. The second-order valence-electron chi connectivity index (χ2n) is 8.95. The minimum Gasteiger partial charge on any atom is -0.394 e. The van der Waals surface area contributed by atoms with Gasteiger partial charge in [0.15, 0.2) is 0 Å². The maximum atomic E-state index is 13.4. The largest absolute Gasteiger partial charge is 0.416 e. The average molecular weight is 615 g/mol. The van der Waals surface area contributed by atoms with E-state index in [1.54, 1.807) is 6.07 Å². The fourth-order valence-electron chi connectivity index (χ4n) is 4.11. The quantitative estimate of drug-likeness (QED) is 0.351. The van der Waals surface area contributed by atoms with Crippen molar-refractivity contribution < 1.29 is 36.2 Å². The van der Waals surface area contributed by atoms with Crippen molar-refractivity contribution in [3.05, 3.63) is 50.7 Å². The molecule has 1 aliphatic rings. The number of rotatable bonds is 5. The molecular formula is C23H24F6IN3O2. The van der Waals surface area contributed by atoms with Gasteiger partial charge in [-0.25, -0.2) is 4.98 Å². The van der Waals surface area contributed by atoms with E-state index in [2.05, 4.69) is 4.98 Å². The number of nitrogens with zero attached hydrogens (tertiary/aromatic N) is 3. The molecule has 1 atom stereocenters. The number of likely N-dealkylation sites (N-methyl/N-ethyl adjacent to an activating group) is 1. The number of halogens is 7. The number of carbonyl (C=O) groups excluding carboxylic acids is 1. The Morgan fingerprint density at radius 1 is 1.09 bits per heavy atom. The topological polar surface area (TPSA) is 56.7 Å². The van der Waals surface area contributed by atoms with Crippen LogP contribution in [0.15, 0.2) is 30.5 Å². The second kappa shape index (κ2) is 9.75. The summed E-state index contributed by atoms with van der Waals surface area (Å²) < 4.78 is 80.6. The molecule has 0 aliphatic carbocycles. The lowest BCUT2D eigenvalue weighted by molar-refractivity contribution is -0.143. The molecule has 0 saturated carbocycles. The summed E-state index contributed by atoms with van der Waals surface area (Å²) in [6.07, 6.45) is -6.88. The Morgan fingerprint density at radius 3 is 2.11 bits per heavy atom. The van der Waals surface area contributed by atoms with E-state index in [4.69, 9.17) is 0 Å². The number of hydrogen-bond donors (Lipinski definition) is 1. The fraction of sp³-hybridized carbons (Fsp3) is 0.478. The first kappa shape index (κ1) is 27.5. The number of alkyl halides is 6. The zero-order valence-corrected chi connectivity index (χ0v) is 21.3. The van der Waals surface area contributed by atoms with Gasteiger partial charge in [0.2, 0.25) is 5.91 Å². The van der Waals surface area contributed by atoms with Crippen molar-refractivity contribution in [1.82, 2.24) is 4.98 Å². The highest BCUT2D eigenvalue weighted by molar-refractivity contribution is 14.1. The first-order valence-corrected chi connectivity index (χ1v) is 11.8. The summed E-state index contributed by atoms with van der Waals surface area (Å²) in [6, 6.07) is 2.86. The van der Waals surface area contributed by atoms with Crippen molar-refractivity contribution >= 4 is 40.0 Å². The molecule has 1 aliphatic heterocycles. The summed E-state index contributed by atoms with van der Waals surface area (Å²) in [5, 5.41) is 9.55. The van der Waals surface area contributed by atoms with E-state index in [0.29, 0.717) is 33.8 Å². The third-order valence-electron chi connectivity index (χ3n) is 6.21. The van der Waals surface area contributed by atoms with Gasteiger partial charge in [-0.1, -0.05) is 0 Å². The van der Waals surface area contributed by atoms with E-state index in [9.17, 15) is 36.2 Å². The molecule has 1 N–H and O–H groups in total. The summed E-state index contributed by atoms with van der Waals surface area (Å²) in [5.41, 5.74) is -4.71. The summed E-state index contributed by atoms with van der Waals surface area (Å²) in [6.45, 7) is 3.26. The maximum absolute atomic E-state index is 13.4. The van der Waals surface area contributed by atoms with Crippen LogP contribution in [0.1, 0.15) is 43.4 Å². The van der Waals surface area contributed by atoms with Crippen LogP contribution in [0.25, 0.3) is 0 Å². The number of amides is 1. The van der Waals surface area contributed by atoms with E-state index < -0.39 is 40.4 Å². The Bertz CT molecular complexity index is 1070. The van der Waals surface area contributed by atoms with Crippen LogP contribution >= 0.6 is 22.6 Å². The van der Waals surface area contributed by atoms with E-state index in [0.717, 1.165) is 12.8 Å². The Hall–Kier alpha value is -2.09. The smallest absolute Gasteiger partial charge is 0.394 e. The third kappa shape index (κ3) is 5.68. The summed E-state index contributed by atoms with van der Waals surface area (Å²) in [4.78, 5) is 20.9. The second-order valence-corrected chi connectivity index (χ2v) is 10.1. The van der Waals surface area contributed by atoms with Crippen molar-refractivity contribution in [3.63, 3.8) is 0 Å².